The summed E-state index contributed by atoms with van der Waals surface area (Å²) in [4.78, 5) is 20.7. The third kappa shape index (κ3) is 2.47. The molecule has 0 spiro atoms. The van der Waals surface area contributed by atoms with Gasteiger partial charge >= 0.3 is 5.97 Å². The van der Waals surface area contributed by atoms with Crippen LogP contribution in [-0.4, -0.2) is 53.2 Å². The van der Waals surface area contributed by atoms with E-state index in [1.807, 2.05) is 0 Å². The lowest BCUT2D eigenvalue weighted by Crippen LogP contribution is -2.35. The van der Waals surface area contributed by atoms with E-state index in [1.54, 1.807) is 6.92 Å². The van der Waals surface area contributed by atoms with Crippen molar-refractivity contribution in [2.75, 3.05) is 31.1 Å². The molecule has 0 radical (unpaired) electrons. The minimum Gasteiger partial charge on any atom is -0.477 e. The number of carbonyl (C=O) groups is 1. The van der Waals surface area contributed by atoms with Crippen LogP contribution in [0.25, 0.3) is 0 Å². The summed E-state index contributed by atoms with van der Waals surface area (Å²) in [7, 11) is 0. The molecule has 2 aliphatic heterocycles. The number of likely N-dealkylation sites (tertiary alicyclic amines) is 1. The molecule has 1 unspecified atom stereocenters. The molecule has 1 N–H and O–H groups in total. The zero-order valence-corrected chi connectivity index (χ0v) is 11.9. The third-order valence-corrected chi connectivity index (χ3v) is 5.28. The van der Waals surface area contributed by atoms with E-state index in [1.165, 1.54) is 43.7 Å². The molecule has 5 nitrogen and oxygen atoms in total. The van der Waals surface area contributed by atoms with Gasteiger partial charge in [-0.2, -0.15) is 0 Å². The van der Waals surface area contributed by atoms with Crippen molar-refractivity contribution in [1.29, 1.82) is 0 Å². The van der Waals surface area contributed by atoms with E-state index in [0.29, 0.717) is 16.6 Å². The van der Waals surface area contributed by atoms with Crippen molar-refractivity contribution in [3.05, 3.63) is 10.6 Å². The number of hydrogen-bond acceptors (Lipinski definition) is 5. The molecule has 104 valence electrons. The minimum absolute atomic E-state index is 0.375. The Morgan fingerprint density at radius 3 is 2.74 bits per heavy atom. The Morgan fingerprint density at radius 2 is 2.11 bits per heavy atom. The van der Waals surface area contributed by atoms with Gasteiger partial charge in [0.2, 0.25) is 0 Å². The van der Waals surface area contributed by atoms with E-state index in [4.69, 9.17) is 5.11 Å². The predicted molar refractivity (Wildman–Crippen MR) is 75.2 cm³/mol. The molecule has 0 aliphatic carbocycles. The first-order chi connectivity index (χ1) is 9.15. The number of anilines is 1. The Morgan fingerprint density at radius 1 is 1.37 bits per heavy atom. The van der Waals surface area contributed by atoms with Crippen LogP contribution in [-0.2, 0) is 0 Å². The molecule has 2 fully saturated rings. The number of rotatable bonds is 3. The maximum absolute atomic E-state index is 11.1. The molecular weight excluding hydrogens is 262 g/mol. The summed E-state index contributed by atoms with van der Waals surface area (Å²) in [5, 5.41) is 9.96. The van der Waals surface area contributed by atoms with Crippen LogP contribution in [0, 0.1) is 6.92 Å². The summed E-state index contributed by atoms with van der Waals surface area (Å²) >= 11 is 1.31. The van der Waals surface area contributed by atoms with Crippen molar-refractivity contribution in [1.82, 2.24) is 9.88 Å². The molecule has 6 heteroatoms. The van der Waals surface area contributed by atoms with Crippen LogP contribution in [0.1, 0.15) is 34.6 Å². The van der Waals surface area contributed by atoms with Gasteiger partial charge in [-0.05, 0) is 39.3 Å². The number of aromatic nitrogens is 1. The van der Waals surface area contributed by atoms with E-state index in [-0.39, 0.29) is 0 Å². The summed E-state index contributed by atoms with van der Waals surface area (Å²) in [6.07, 6.45) is 3.80. The van der Waals surface area contributed by atoms with Gasteiger partial charge in [-0.1, -0.05) is 11.3 Å². The first-order valence-corrected chi connectivity index (χ1v) is 7.66. The van der Waals surface area contributed by atoms with Gasteiger partial charge in [-0.15, -0.1) is 0 Å². The smallest absolute Gasteiger partial charge is 0.347 e. The molecular formula is C13H19N3O2S. The van der Waals surface area contributed by atoms with Crippen LogP contribution >= 0.6 is 11.3 Å². The molecule has 3 heterocycles. The Balaban J connectivity index is 1.70. The molecule has 0 saturated carbocycles. The van der Waals surface area contributed by atoms with Crippen LogP contribution in [0.2, 0.25) is 0 Å². The SMILES string of the molecule is Cc1nc(N2CCC(N3CCCC3)C2)sc1C(=O)O. The first-order valence-electron chi connectivity index (χ1n) is 6.85. The van der Waals surface area contributed by atoms with E-state index in [2.05, 4.69) is 14.8 Å². The molecule has 1 atom stereocenters. The second-order valence-corrected chi connectivity index (χ2v) is 6.33. The quantitative estimate of drug-likeness (QED) is 0.916. The van der Waals surface area contributed by atoms with E-state index < -0.39 is 5.97 Å². The molecule has 1 aromatic rings. The van der Waals surface area contributed by atoms with Crippen LogP contribution in [0.4, 0.5) is 5.13 Å². The van der Waals surface area contributed by atoms with Gasteiger partial charge in [-0.25, -0.2) is 9.78 Å². The summed E-state index contributed by atoms with van der Waals surface area (Å²) in [5.41, 5.74) is 0.636. The molecule has 1 aromatic heterocycles. The van der Waals surface area contributed by atoms with Gasteiger partial charge in [-0.3, -0.25) is 4.90 Å². The summed E-state index contributed by atoms with van der Waals surface area (Å²) < 4.78 is 0. The summed E-state index contributed by atoms with van der Waals surface area (Å²) in [6, 6.07) is 0.625. The molecule has 2 aliphatic rings. The predicted octanol–water partition coefficient (Wildman–Crippen LogP) is 1.82. The molecule has 0 amide bonds. The maximum Gasteiger partial charge on any atom is 0.347 e. The van der Waals surface area contributed by atoms with Gasteiger partial charge in [0.25, 0.3) is 0 Å². The zero-order valence-electron chi connectivity index (χ0n) is 11.1. The van der Waals surface area contributed by atoms with Crippen LogP contribution in [0.3, 0.4) is 0 Å². The van der Waals surface area contributed by atoms with Crippen LogP contribution < -0.4 is 4.90 Å². The fourth-order valence-corrected chi connectivity index (χ4v) is 3.98. The van der Waals surface area contributed by atoms with Crippen molar-refractivity contribution in [2.45, 2.75) is 32.2 Å². The Kier molecular flexibility index (Phi) is 3.45. The van der Waals surface area contributed by atoms with Gasteiger partial charge in [0.15, 0.2) is 5.13 Å². The Hall–Kier alpha value is -1.14. The molecule has 3 rings (SSSR count). The largest absolute Gasteiger partial charge is 0.477 e. The van der Waals surface area contributed by atoms with Gasteiger partial charge < -0.3 is 10.0 Å². The number of carboxylic acids is 1. The number of aromatic carboxylic acids is 1. The molecule has 19 heavy (non-hydrogen) atoms. The third-order valence-electron chi connectivity index (χ3n) is 4.07. The Labute approximate surface area is 116 Å². The molecule has 2 saturated heterocycles. The highest BCUT2D eigenvalue weighted by Crippen LogP contribution is 2.30. The van der Waals surface area contributed by atoms with Gasteiger partial charge in [0, 0.05) is 19.1 Å². The summed E-state index contributed by atoms with van der Waals surface area (Å²) in [6.45, 7) is 6.20. The van der Waals surface area contributed by atoms with Crippen molar-refractivity contribution in [3.63, 3.8) is 0 Å². The highest BCUT2D eigenvalue weighted by molar-refractivity contribution is 7.17. The van der Waals surface area contributed by atoms with Crippen molar-refractivity contribution >= 4 is 22.4 Å². The number of aryl methyl sites for hydroxylation is 1. The van der Waals surface area contributed by atoms with Crippen molar-refractivity contribution in [3.8, 4) is 0 Å². The fraction of sp³-hybridized carbons (Fsp3) is 0.692. The second kappa shape index (κ2) is 5.09. The minimum atomic E-state index is -0.864. The van der Waals surface area contributed by atoms with Gasteiger partial charge in [0.1, 0.15) is 4.88 Å². The average molecular weight is 281 g/mol. The molecule has 0 aromatic carbocycles. The zero-order chi connectivity index (χ0) is 13.4. The standard InChI is InChI=1S/C13H19N3O2S/c1-9-11(12(17)18)19-13(14-9)16-7-4-10(8-16)15-5-2-3-6-15/h10H,2-8H2,1H3,(H,17,18). The topological polar surface area (TPSA) is 56.7 Å². The molecule has 0 bridgehead atoms. The highest BCUT2D eigenvalue weighted by atomic mass is 32.1. The van der Waals surface area contributed by atoms with Crippen molar-refractivity contribution < 1.29 is 9.90 Å². The fourth-order valence-electron chi connectivity index (χ4n) is 3.04. The van der Waals surface area contributed by atoms with Crippen molar-refractivity contribution in [2.24, 2.45) is 0 Å². The number of hydrogen-bond donors (Lipinski definition) is 1. The number of thiazole rings is 1. The lowest BCUT2D eigenvalue weighted by molar-refractivity contribution is 0.0701. The highest BCUT2D eigenvalue weighted by Gasteiger charge is 2.31. The van der Waals surface area contributed by atoms with E-state index in [9.17, 15) is 4.79 Å². The normalized spacial score (nSPS) is 24.3. The second-order valence-electron chi connectivity index (χ2n) is 5.35. The maximum atomic E-state index is 11.1. The Bertz CT molecular complexity index is 482. The number of nitrogens with zero attached hydrogens (tertiary/aromatic N) is 3. The van der Waals surface area contributed by atoms with Crippen LogP contribution in [0.15, 0.2) is 0 Å². The first kappa shape index (κ1) is 12.9. The lowest BCUT2D eigenvalue weighted by Gasteiger charge is -2.23. The average Bonchev–Trinajstić information content (AvgIpc) is 3.08. The van der Waals surface area contributed by atoms with Crippen LogP contribution in [0.5, 0.6) is 0 Å². The van der Waals surface area contributed by atoms with Gasteiger partial charge in [0.05, 0.1) is 5.69 Å². The van der Waals surface area contributed by atoms with E-state index in [0.717, 1.165) is 18.2 Å². The monoisotopic (exact) mass is 281 g/mol. The van der Waals surface area contributed by atoms with E-state index >= 15 is 0 Å². The number of carboxylic acid groups (broad SMARTS) is 1. The lowest BCUT2D eigenvalue weighted by atomic mass is 10.2. The summed E-state index contributed by atoms with van der Waals surface area (Å²) in [5.74, 6) is -0.864.